The maximum Gasteiger partial charge on any atom is 0.355 e. The molecule has 0 bridgehead atoms. The number of hydrogen-bond donors (Lipinski definition) is 2. The molecule has 8 heteroatoms. The van der Waals surface area contributed by atoms with Crippen molar-refractivity contribution in [3.8, 4) is 0 Å². The Bertz CT molecular complexity index is 1090. The van der Waals surface area contributed by atoms with Crippen LogP contribution < -0.4 is 5.32 Å². The van der Waals surface area contributed by atoms with Gasteiger partial charge in [-0.3, -0.25) is 9.78 Å². The van der Waals surface area contributed by atoms with Crippen LogP contribution in [0.3, 0.4) is 0 Å². The van der Waals surface area contributed by atoms with Crippen LogP contribution in [0.2, 0.25) is 0 Å². The second-order valence-electron chi connectivity index (χ2n) is 9.16. The van der Waals surface area contributed by atoms with E-state index >= 15 is 0 Å². The van der Waals surface area contributed by atoms with Gasteiger partial charge in [0.2, 0.25) is 5.91 Å². The fraction of sp³-hybridized carbons (Fsp3) is 0.500. The topological polar surface area (TPSA) is 110 Å². The molecule has 2 N–H and O–H groups in total. The largest absolute Gasteiger partial charge is 0.464 e. The molecule has 1 unspecified atom stereocenters. The molecule has 0 aromatic carbocycles. The van der Waals surface area contributed by atoms with Gasteiger partial charge in [0, 0.05) is 18.2 Å². The quantitative estimate of drug-likeness (QED) is 0.542. The molecule has 1 aliphatic rings. The monoisotopic (exact) mass is 441 g/mol. The van der Waals surface area contributed by atoms with Crippen LogP contribution in [-0.4, -0.2) is 41.5 Å². The number of aromatic nitrogens is 2. The Morgan fingerprint density at radius 2 is 2.03 bits per heavy atom. The molecule has 172 valence electrons. The van der Waals surface area contributed by atoms with Gasteiger partial charge in [-0.05, 0) is 55.2 Å². The molecule has 0 fully saturated rings. The highest BCUT2D eigenvalue weighted by molar-refractivity contribution is 6.05. The third kappa shape index (κ3) is 4.84. The van der Waals surface area contributed by atoms with Crippen LogP contribution in [0, 0.1) is 11.3 Å². The predicted octanol–water partition coefficient (Wildman–Crippen LogP) is 3.54. The van der Waals surface area contributed by atoms with Crippen molar-refractivity contribution in [3.05, 3.63) is 34.3 Å². The number of carbonyl (C=O) groups is 3. The van der Waals surface area contributed by atoms with Crippen molar-refractivity contribution < 1.29 is 23.9 Å². The van der Waals surface area contributed by atoms with Crippen molar-refractivity contribution >= 4 is 35.0 Å². The fourth-order valence-electron chi connectivity index (χ4n) is 4.12. The van der Waals surface area contributed by atoms with Crippen LogP contribution >= 0.6 is 0 Å². The van der Waals surface area contributed by atoms with Crippen molar-refractivity contribution in [2.45, 2.75) is 53.9 Å². The molecule has 2 heterocycles. The molecule has 1 atom stereocenters. The molecule has 8 nitrogen and oxygen atoms in total. The fourth-order valence-corrected chi connectivity index (χ4v) is 4.12. The molecule has 0 saturated heterocycles. The number of aryl methyl sites for hydroxylation is 1. The average molecular weight is 442 g/mol. The number of nitrogens with zero attached hydrogens (tertiary/aromatic N) is 1. The van der Waals surface area contributed by atoms with E-state index in [2.05, 4.69) is 31.1 Å². The maximum absolute atomic E-state index is 12.7. The molecule has 0 saturated carbocycles. The van der Waals surface area contributed by atoms with Gasteiger partial charge >= 0.3 is 11.9 Å². The zero-order valence-electron chi connectivity index (χ0n) is 19.5. The normalized spacial score (nSPS) is 16.4. The number of H-pyrrole nitrogens is 1. The van der Waals surface area contributed by atoms with Crippen molar-refractivity contribution in [1.82, 2.24) is 15.3 Å². The number of pyridine rings is 1. The van der Waals surface area contributed by atoms with E-state index in [1.54, 1.807) is 6.92 Å². The number of rotatable bonds is 5. The van der Waals surface area contributed by atoms with Gasteiger partial charge < -0.3 is 19.8 Å². The molecule has 3 rings (SSSR count). The lowest BCUT2D eigenvalue weighted by Gasteiger charge is -2.34. The SMILES string of the molecule is CCOC(=O)c1[nH]c2cc3c(nc2c1/C=C(\NC(C)=O)C(=O)OC)CCC(C(C)(C)C)C3. The zero-order chi connectivity index (χ0) is 23.6. The second-order valence-corrected chi connectivity index (χ2v) is 9.16. The summed E-state index contributed by atoms with van der Waals surface area (Å²) in [6, 6.07) is 2.03. The number of amides is 1. The summed E-state index contributed by atoms with van der Waals surface area (Å²) in [5, 5.41) is 2.47. The van der Waals surface area contributed by atoms with Crippen LogP contribution in [0.15, 0.2) is 11.8 Å². The lowest BCUT2D eigenvalue weighted by Crippen LogP contribution is -2.27. The minimum Gasteiger partial charge on any atom is -0.464 e. The van der Waals surface area contributed by atoms with Gasteiger partial charge in [-0.15, -0.1) is 0 Å². The smallest absolute Gasteiger partial charge is 0.355 e. The van der Waals surface area contributed by atoms with Gasteiger partial charge in [0.25, 0.3) is 0 Å². The first-order valence-corrected chi connectivity index (χ1v) is 10.8. The Morgan fingerprint density at radius 1 is 1.31 bits per heavy atom. The second kappa shape index (κ2) is 9.14. The van der Waals surface area contributed by atoms with Crippen molar-refractivity contribution in [2.24, 2.45) is 11.3 Å². The zero-order valence-corrected chi connectivity index (χ0v) is 19.5. The summed E-state index contributed by atoms with van der Waals surface area (Å²) in [4.78, 5) is 44.5. The van der Waals surface area contributed by atoms with E-state index in [1.807, 2.05) is 6.07 Å². The number of fused-ring (bicyclic) bond motifs is 2. The van der Waals surface area contributed by atoms with E-state index in [-0.39, 0.29) is 23.4 Å². The molecular weight excluding hydrogens is 410 g/mol. The highest BCUT2D eigenvalue weighted by Crippen LogP contribution is 2.38. The minimum atomic E-state index is -0.727. The Morgan fingerprint density at radius 3 is 2.62 bits per heavy atom. The van der Waals surface area contributed by atoms with Crippen molar-refractivity contribution in [3.63, 3.8) is 0 Å². The molecule has 1 amide bonds. The van der Waals surface area contributed by atoms with E-state index in [0.29, 0.717) is 22.5 Å². The van der Waals surface area contributed by atoms with Crippen LogP contribution in [0.4, 0.5) is 0 Å². The molecule has 2 aromatic rings. The Labute approximate surface area is 187 Å². The van der Waals surface area contributed by atoms with E-state index in [9.17, 15) is 14.4 Å². The summed E-state index contributed by atoms with van der Waals surface area (Å²) in [6.45, 7) is 9.96. The molecule has 0 spiro atoms. The van der Waals surface area contributed by atoms with Crippen LogP contribution in [0.1, 0.15) is 68.3 Å². The van der Waals surface area contributed by atoms with Gasteiger partial charge in [0.05, 0.1) is 24.8 Å². The first-order valence-electron chi connectivity index (χ1n) is 10.8. The molecule has 0 radical (unpaired) electrons. The summed E-state index contributed by atoms with van der Waals surface area (Å²) >= 11 is 0. The number of aromatic amines is 1. The number of esters is 2. The van der Waals surface area contributed by atoms with E-state index < -0.39 is 17.8 Å². The summed E-state index contributed by atoms with van der Waals surface area (Å²) in [6.07, 6.45) is 4.21. The summed E-state index contributed by atoms with van der Waals surface area (Å²) in [5.74, 6) is -1.18. The molecular formula is C24H31N3O5. The lowest BCUT2D eigenvalue weighted by molar-refractivity contribution is -0.137. The number of nitrogens with one attached hydrogen (secondary N) is 2. The van der Waals surface area contributed by atoms with E-state index in [4.69, 9.17) is 14.5 Å². The van der Waals surface area contributed by atoms with E-state index in [0.717, 1.165) is 30.5 Å². The van der Waals surface area contributed by atoms with Crippen molar-refractivity contribution in [2.75, 3.05) is 13.7 Å². The lowest BCUT2D eigenvalue weighted by atomic mass is 9.71. The van der Waals surface area contributed by atoms with Gasteiger partial charge in [0.1, 0.15) is 11.4 Å². The van der Waals surface area contributed by atoms with Gasteiger partial charge in [0.15, 0.2) is 0 Å². The van der Waals surface area contributed by atoms with Gasteiger partial charge in [-0.1, -0.05) is 20.8 Å². The van der Waals surface area contributed by atoms with Gasteiger partial charge in [-0.25, -0.2) is 9.59 Å². The number of carbonyl (C=O) groups excluding carboxylic acids is 3. The summed E-state index contributed by atoms with van der Waals surface area (Å²) in [5.41, 5.74) is 4.04. The van der Waals surface area contributed by atoms with Crippen molar-refractivity contribution in [1.29, 1.82) is 0 Å². The third-order valence-corrected chi connectivity index (χ3v) is 5.88. The molecule has 0 aliphatic heterocycles. The van der Waals surface area contributed by atoms with Crippen LogP contribution in [-0.2, 0) is 31.9 Å². The number of methoxy groups -OCH3 is 1. The Kier molecular flexibility index (Phi) is 6.71. The standard InChI is InChI=1S/C24H31N3O5/c1-7-32-23(30)21-16(12-19(22(29)31-6)25-13(2)28)20-18(27-21)11-14-10-15(24(3,4)5)8-9-17(14)26-20/h11-12,15,27H,7-10H2,1-6H3,(H,25,28)/b19-12-. The molecule has 32 heavy (non-hydrogen) atoms. The maximum atomic E-state index is 12.7. The summed E-state index contributed by atoms with van der Waals surface area (Å²) in [7, 11) is 1.22. The number of ether oxygens (including phenoxy) is 2. The number of hydrogen-bond acceptors (Lipinski definition) is 6. The highest BCUT2D eigenvalue weighted by Gasteiger charge is 2.30. The van der Waals surface area contributed by atoms with E-state index in [1.165, 1.54) is 20.1 Å². The van der Waals surface area contributed by atoms with Crippen LogP contribution in [0.5, 0.6) is 0 Å². The Hall–Kier alpha value is -3.16. The predicted molar refractivity (Wildman–Crippen MR) is 121 cm³/mol. The van der Waals surface area contributed by atoms with Crippen LogP contribution in [0.25, 0.3) is 17.1 Å². The Balaban J connectivity index is 2.18. The third-order valence-electron chi connectivity index (χ3n) is 5.88. The molecule has 1 aliphatic carbocycles. The average Bonchev–Trinajstić information content (AvgIpc) is 3.07. The van der Waals surface area contributed by atoms with Gasteiger partial charge in [-0.2, -0.15) is 0 Å². The minimum absolute atomic E-state index is 0.0845. The first kappa shape index (κ1) is 23.5. The molecule has 2 aromatic heterocycles. The summed E-state index contributed by atoms with van der Waals surface area (Å²) < 4.78 is 9.99. The first-order chi connectivity index (χ1) is 15.0. The highest BCUT2D eigenvalue weighted by atomic mass is 16.5.